The summed E-state index contributed by atoms with van der Waals surface area (Å²) in [5.74, 6) is -0.210. The minimum atomic E-state index is -0.210. The summed E-state index contributed by atoms with van der Waals surface area (Å²) in [4.78, 5) is 0. The van der Waals surface area contributed by atoms with E-state index in [2.05, 4.69) is 15.9 Å². The zero-order valence-corrected chi connectivity index (χ0v) is 8.07. The summed E-state index contributed by atoms with van der Waals surface area (Å²) >= 11 is 3.33. The Labute approximate surface area is 78.9 Å². The van der Waals surface area contributed by atoms with Crippen LogP contribution >= 0.6 is 15.9 Å². The number of nitrogens with two attached hydrogens (primary N) is 1. The van der Waals surface area contributed by atoms with E-state index in [0.717, 1.165) is 22.9 Å². The molecule has 1 aromatic carbocycles. The molecule has 1 atom stereocenters. The van der Waals surface area contributed by atoms with Gasteiger partial charge in [0.2, 0.25) is 0 Å². The Kier molecular flexibility index (Phi) is 1.93. The summed E-state index contributed by atoms with van der Waals surface area (Å²) < 4.78 is 13.8. The van der Waals surface area contributed by atoms with Gasteiger partial charge >= 0.3 is 0 Å². The molecular formula is C9H9BrFN. The standard InChI is InChI=1S/C9H9BrFN/c10-8-4-5(11)3-7-6(8)1-2-9(7)12/h3-4,9H,1-2,12H2. The summed E-state index contributed by atoms with van der Waals surface area (Å²) in [7, 11) is 0. The molecule has 1 aliphatic rings. The quantitative estimate of drug-likeness (QED) is 0.728. The Morgan fingerprint density at radius 2 is 2.25 bits per heavy atom. The lowest BCUT2D eigenvalue weighted by Crippen LogP contribution is -2.05. The van der Waals surface area contributed by atoms with Crippen LogP contribution in [-0.4, -0.2) is 0 Å². The topological polar surface area (TPSA) is 26.0 Å². The Bertz CT molecular complexity index is 325. The predicted octanol–water partition coefficient (Wildman–Crippen LogP) is 2.53. The largest absolute Gasteiger partial charge is 0.324 e. The molecule has 2 N–H and O–H groups in total. The fourth-order valence-electron chi connectivity index (χ4n) is 1.67. The average molecular weight is 230 g/mol. The van der Waals surface area contributed by atoms with Crippen LogP contribution in [0.3, 0.4) is 0 Å². The molecule has 0 heterocycles. The normalized spacial score (nSPS) is 21.1. The highest BCUT2D eigenvalue weighted by Gasteiger charge is 2.21. The first-order valence-electron chi connectivity index (χ1n) is 3.92. The molecule has 0 bridgehead atoms. The molecule has 0 aliphatic heterocycles. The Morgan fingerprint density at radius 1 is 1.50 bits per heavy atom. The first kappa shape index (κ1) is 8.20. The summed E-state index contributed by atoms with van der Waals surface area (Å²) in [6.07, 6.45) is 1.88. The molecule has 64 valence electrons. The fourth-order valence-corrected chi connectivity index (χ4v) is 2.32. The Morgan fingerprint density at radius 3 is 3.00 bits per heavy atom. The van der Waals surface area contributed by atoms with Crippen LogP contribution in [0.5, 0.6) is 0 Å². The Balaban J connectivity index is 2.60. The summed E-state index contributed by atoms with van der Waals surface area (Å²) in [5, 5.41) is 0. The number of hydrogen-bond donors (Lipinski definition) is 1. The third kappa shape index (κ3) is 1.17. The Hall–Kier alpha value is -0.410. The number of halogens is 2. The molecule has 0 fully saturated rings. The van der Waals surface area contributed by atoms with Gasteiger partial charge < -0.3 is 5.73 Å². The lowest BCUT2D eigenvalue weighted by atomic mass is 10.1. The van der Waals surface area contributed by atoms with E-state index in [-0.39, 0.29) is 11.9 Å². The van der Waals surface area contributed by atoms with Crippen LogP contribution < -0.4 is 5.73 Å². The lowest BCUT2D eigenvalue weighted by Gasteiger charge is -2.05. The molecule has 1 nitrogen and oxygen atoms in total. The molecular weight excluding hydrogens is 221 g/mol. The lowest BCUT2D eigenvalue weighted by molar-refractivity contribution is 0.621. The molecule has 0 saturated heterocycles. The molecule has 1 aliphatic carbocycles. The molecule has 0 aromatic heterocycles. The van der Waals surface area contributed by atoms with Gasteiger partial charge in [-0.1, -0.05) is 15.9 Å². The highest BCUT2D eigenvalue weighted by atomic mass is 79.9. The highest BCUT2D eigenvalue weighted by Crippen LogP contribution is 2.34. The van der Waals surface area contributed by atoms with Crippen molar-refractivity contribution in [3.8, 4) is 0 Å². The van der Waals surface area contributed by atoms with Crippen molar-refractivity contribution in [3.05, 3.63) is 33.5 Å². The van der Waals surface area contributed by atoms with Gasteiger partial charge in [0, 0.05) is 10.5 Å². The van der Waals surface area contributed by atoms with Crippen molar-refractivity contribution in [1.82, 2.24) is 0 Å². The molecule has 0 amide bonds. The van der Waals surface area contributed by atoms with Gasteiger partial charge in [-0.25, -0.2) is 4.39 Å². The minimum Gasteiger partial charge on any atom is -0.324 e. The fraction of sp³-hybridized carbons (Fsp3) is 0.333. The van der Waals surface area contributed by atoms with Crippen LogP contribution in [0.4, 0.5) is 4.39 Å². The van der Waals surface area contributed by atoms with Gasteiger partial charge in [-0.3, -0.25) is 0 Å². The zero-order chi connectivity index (χ0) is 8.72. The van der Waals surface area contributed by atoms with Gasteiger partial charge in [-0.05, 0) is 36.1 Å². The van der Waals surface area contributed by atoms with Gasteiger partial charge in [-0.15, -0.1) is 0 Å². The van der Waals surface area contributed by atoms with E-state index < -0.39 is 0 Å². The number of hydrogen-bond acceptors (Lipinski definition) is 1. The van der Waals surface area contributed by atoms with Crippen molar-refractivity contribution in [2.45, 2.75) is 18.9 Å². The van der Waals surface area contributed by atoms with E-state index in [1.165, 1.54) is 17.7 Å². The molecule has 0 spiro atoms. The molecule has 2 rings (SSSR count). The van der Waals surface area contributed by atoms with Gasteiger partial charge in [-0.2, -0.15) is 0 Å². The third-order valence-corrected chi connectivity index (χ3v) is 3.01. The maximum atomic E-state index is 12.9. The van der Waals surface area contributed by atoms with E-state index in [4.69, 9.17) is 5.73 Å². The van der Waals surface area contributed by atoms with Crippen molar-refractivity contribution in [2.75, 3.05) is 0 Å². The van der Waals surface area contributed by atoms with E-state index in [1.807, 2.05) is 0 Å². The maximum absolute atomic E-state index is 12.9. The van der Waals surface area contributed by atoms with Crippen molar-refractivity contribution in [1.29, 1.82) is 0 Å². The van der Waals surface area contributed by atoms with Gasteiger partial charge in [0.1, 0.15) is 5.82 Å². The second kappa shape index (κ2) is 2.82. The summed E-state index contributed by atoms with van der Waals surface area (Å²) in [6.45, 7) is 0. The van der Waals surface area contributed by atoms with E-state index in [1.54, 1.807) is 0 Å². The van der Waals surface area contributed by atoms with Crippen LogP contribution in [-0.2, 0) is 6.42 Å². The van der Waals surface area contributed by atoms with Crippen LogP contribution in [0.15, 0.2) is 16.6 Å². The predicted molar refractivity (Wildman–Crippen MR) is 49.3 cm³/mol. The van der Waals surface area contributed by atoms with Gasteiger partial charge in [0.05, 0.1) is 0 Å². The van der Waals surface area contributed by atoms with E-state index in [0.29, 0.717) is 0 Å². The van der Waals surface area contributed by atoms with Crippen LogP contribution in [0, 0.1) is 5.82 Å². The van der Waals surface area contributed by atoms with Gasteiger partial charge in [0.15, 0.2) is 0 Å². The molecule has 0 radical (unpaired) electrons. The van der Waals surface area contributed by atoms with Crippen molar-refractivity contribution < 1.29 is 4.39 Å². The first-order valence-corrected chi connectivity index (χ1v) is 4.71. The molecule has 12 heavy (non-hydrogen) atoms. The molecule has 1 unspecified atom stereocenters. The smallest absolute Gasteiger partial charge is 0.124 e. The monoisotopic (exact) mass is 229 g/mol. The minimum absolute atomic E-state index is 0.0204. The first-order chi connectivity index (χ1) is 5.68. The maximum Gasteiger partial charge on any atom is 0.124 e. The third-order valence-electron chi connectivity index (χ3n) is 2.30. The van der Waals surface area contributed by atoms with Crippen molar-refractivity contribution in [2.24, 2.45) is 5.73 Å². The number of benzene rings is 1. The second-order valence-corrected chi connectivity index (χ2v) is 3.95. The summed E-state index contributed by atoms with van der Waals surface area (Å²) in [5.41, 5.74) is 7.93. The SMILES string of the molecule is NC1CCc2c(Br)cc(F)cc21. The van der Waals surface area contributed by atoms with Gasteiger partial charge in [0.25, 0.3) is 0 Å². The van der Waals surface area contributed by atoms with E-state index in [9.17, 15) is 4.39 Å². The average Bonchev–Trinajstić information content (AvgIpc) is 2.33. The van der Waals surface area contributed by atoms with Crippen LogP contribution in [0.1, 0.15) is 23.6 Å². The van der Waals surface area contributed by atoms with Crippen molar-refractivity contribution in [3.63, 3.8) is 0 Å². The molecule has 0 saturated carbocycles. The van der Waals surface area contributed by atoms with E-state index >= 15 is 0 Å². The summed E-state index contributed by atoms with van der Waals surface area (Å²) in [6, 6.07) is 3.06. The van der Waals surface area contributed by atoms with Crippen LogP contribution in [0.2, 0.25) is 0 Å². The van der Waals surface area contributed by atoms with Crippen LogP contribution in [0.25, 0.3) is 0 Å². The number of fused-ring (bicyclic) bond motifs is 1. The van der Waals surface area contributed by atoms with Crippen molar-refractivity contribution >= 4 is 15.9 Å². The molecule has 1 aromatic rings. The zero-order valence-electron chi connectivity index (χ0n) is 6.48. The molecule has 3 heteroatoms. The number of rotatable bonds is 0. The second-order valence-electron chi connectivity index (χ2n) is 3.10. The highest BCUT2D eigenvalue weighted by molar-refractivity contribution is 9.10.